The van der Waals surface area contributed by atoms with Crippen LogP contribution in [-0.4, -0.2) is 69.4 Å². The lowest BCUT2D eigenvalue weighted by Gasteiger charge is -2.30. The van der Waals surface area contributed by atoms with Crippen molar-refractivity contribution >= 4 is 19.7 Å². The molecule has 0 aromatic carbocycles. The summed E-state index contributed by atoms with van der Waals surface area (Å²) in [5.41, 5.74) is 0. The highest BCUT2D eigenvalue weighted by atomic mass is 31.2. The predicted octanol–water partition coefficient (Wildman–Crippen LogP) is 19.5. The van der Waals surface area contributed by atoms with Gasteiger partial charge in [0.1, 0.15) is 19.3 Å². The summed E-state index contributed by atoms with van der Waals surface area (Å²) in [6.07, 6.45) is 79.1. The van der Waals surface area contributed by atoms with Gasteiger partial charge < -0.3 is 28.5 Å². The molecule has 0 saturated heterocycles. The number of unbranched alkanes of at least 4 members (excludes halogenated alkanes) is 25. The Morgan fingerprint density at radius 3 is 1.22 bits per heavy atom. The van der Waals surface area contributed by atoms with Gasteiger partial charge in [-0.25, -0.2) is 0 Å². The molecule has 0 aliphatic heterocycles. The van der Waals surface area contributed by atoms with Gasteiger partial charge in [0.15, 0.2) is 0 Å². The smallest absolute Gasteiger partial charge is 0.306 e. The molecule has 79 heavy (non-hydrogen) atoms. The van der Waals surface area contributed by atoms with Crippen LogP contribution in [0.2, 0.25) is 0 Å². The number of phosphoric acid groups is 1. The number of allylic oxidation sites excluding steroid dienone is 17. The highest BCUT2D eigenvalue weighted by molar-refractivity contribution is 7.45. The Labute approximate surface area is 487 Å². The van der Waals surface area contributed by atoms with Gasteiger partial charge in [0.2, 0.25) is 5.91 Å². The maximum Gasteiger partial charge on any atom is 0.306 e. The fraction of sp³-hybridized carbons (Fsp3) is 0.710. The molecule has 0 spiro atoms. The van der Waals surface area contributed by atoms with E-state index in [0.717, 1.165) is 148 Å². The number of ether oxygens (including phenoxy) is 1. The van der Waals surface area contributed by atoms with Crippen molar-refractivity contribution < 1.29 is 37.3 Å². The van der Waals surface area contributed by atoms with Gasteiger partial charge in [0.25, 0.3) is 7.82 Å². The number of esters is 1. The summed E-state index contributed by atoms with van der Waals surface area (Å²) in [6.45, 7) is 6.60. The van der Waals surface area contributed by atoms with E-state index >= 15 is 0 Å². The van der Waals surface area contributed by atoms with Crippen molar-refractivity contribution in [2.24, 2.45) is 0 Å². The molecular formula is C69H121N2O7P. The Morgan fingerprint density at radius 2 is 0.810 bits per heavy atom. The lowest BCUT2D eigenvalue weighted by Crippen LogP contribution is -2.47. The molecule has 0 aromatic heterocycles. The second-order valence-corrected chi connectivity index (χ2v) is 23.9. The van der Waals surface area contributed by atoms with Crippen molar-refractivity contribution in [3.8, 4) is 0 Å². The van der Waals surface area contributed by atoms with Gasteiger partial charge in [-0.2, -0.15) is 0 Å². The molecular weight excluding hydrogens is 1000 g/mol. The SMILES string of the molecule is CC/C=C\C/C=C\C/C=C\C/C=C\C/C=C\CCCCCCCCCCCC(=O)OC(/C=C\CCCCCCCCCCCC)C(COP(=O)([O-])OCC[N+](C)(C)C)NC(=O)CCCCCCCC/C=C/C/C=C/C/C=C/CC. The second-order valence-electron chi connectivity index (χ2n) is 22.5. The number of rotatable bonds is 57. The average Bonchev–Trinajstić information content (AvgIpc) is 3.41. The van der Waals surface area contributed by atoms with Crippen molar-refractivity contribution in [3.63, 3.8) is 0 Å². The Hall–Kier alpha value is -3.33. The third kappa shape index (κ3) is 59.1. The standard InChI is InChI=1S/C69H121N2O7P/c1-7-10-13-16-19-22-25-28-30-32-33-34-35-36-37-38-39-40-42-44-47-50-53-56-59-62-69(73)78-67(60-57-54-51-48-45-27-24-21-18-15-12-9-3)66(65-77-79(74,75)76-64-63-71(4,5)6)70-68(72)61-58-55-52-49-46-43-41-31-29-26-23-20-17-14-11-8-2/h10-11,13-14,19-20,22-23,28-31,33-34,36-37,57,60,66-67H,7-9,12,15-18,21,24-27,32,35,38-56,58-59,61-65H2,1-6H3,(H-,70,72,74,75)/b13-10-,14-11+,22-19-,23-20+,30-28-,31-29+,34-33-,37-36-,60-57-. The van der Waals surface area contributed by atoms with Crippen LogP contribution in [0.25, 0.3) is 0 Å². The summed E-state index contributed by atoms with van der Waals surface area (Å²) in [7, 11) is 1.16. The highest BCUT2D eigenvalue weighted by Gasteiger charge is 2.27. The van der Waals surface area contributed by atoms with E-state index in [4.69, 9.17) is 13.8 Å². The number of hydrogen-bond acceptors (Lipinski definition) is 7. The number of likely N-dealkylation sites (N-methyl/N-ethyl adjacent to an activating group) is 1. The molecule has 0 aliphatic carbocycles. The van der Waals surface area contributed by atoms with Crippen LogP contribution in [-0.2, 0) is 27.9 Å². The number of phosphoric ester groups is 1. The lowest BCUT2D eigenvalue weighted by atomic mass is 10.0. The van der Waals surface area contributed by atoms with Crippen LogP contribution >= 0.6 is 7.82 Å². The third-order valence-corrected chi connectivity index (χ3v) is 14.7. The molecule has 0 aliphatic rings. The molecule has 10 heteroatoms. The first-order valence-electron chi connectivity index (χ1n) is 32.2. The van der Waals surface area contributed by atoms with Gasteiger partial charge in [-0.1, -0.05) is 252 Å². The highest BCUT2D eigenvalue weighted by Crippen LogP contribution is 2.38. The number of nitrogens with one attached hydrogen (secondary N) is 1. The largest absolute Gasteiger partial charge is 0.756 e. The van der Waals surface area contributed by atoms with E-state index in [-0.39, 0.29) is 24.9 Å². The minimum absolute atomic E-state index is 0.0311. The normalized spacial score (nSPS) is 14.4. The van der Waals surface area contributed by atoms with Gasteiger partial charge in [-0.3, -0.25) is 14.2 Å². The van der Waals surface area contributed by atoms with Crippen LogP contribution in [0.3, 0.4) is 0 Å². The third-order valence-electron chi connectivity index (χ3n) is 13.7. The van der Waals surface area contributed by atoms with Gasteiger partial charge in [-0.05, 0) is 109 Å². The molecule has 0 saturated carbocycles. The maximum atomic E-state index is 13.5. The quantitative estimate of drug-likeness (QED) is 0.0212. The topological polar surface area (TPSA) is 114 Å². The summed E-state index contributed by atoms with van der Waals surface area (Å²) in [6, 6.07) is -0.904. The lowest BCUT2D eigenvalue weighted by molar-refractivity contribution is -0.870. The molecule has 454 valence electrons. The van der Waals surface area contributed by atoms with E-state index in [2.05, 4.69) is 123 Å². The number of amides is 1. The van der Waals surface area contributed by atoms with Crippen molar-refractivity contribution in [1.82, 2.24) is 5.32 Å². The molecule has 9 nitrogen and oxygen atoms in total. The predicted molar refractivity (Wildman–Crippen MR) is 339 cm³/mol. The molecule has 1 N–H and O–H groups in total. The number of carbonyl (C=O) groups excluding carboxylic acids is 2. The zero-order valence-corrected chi connectivity index (χ0v) is 52.7. The van der Waals surface area contributed by atoms with Crippen molar-refractivity contribution in [1.29, 1.82) is 0 Å². The summed E-state index contributed by atoms with van der Waals surface area (Å²) in [5, 5.41) is 3.02. The van der Waals surface area contributed by atoms with Gasteiger partial charge in [-0.15, -0.1) is 0 Å². The van der Waals surface area contributed by atoms with E-state index in [1.807, 2.05) is 33.3 Å². The second kappa shape index (κ2) is 57.9. The zero-order chi connectivity index (χ0) is 57.9. The van der Waals surface area contributed by atoms with Crippen molar-refractivity contribution in [2.75, 3.05) is 40.9 Å². The van der Waals surface area contributed by atoms with E-state index in [9.17, 15) is 19.0 Å². The van der Waals surface area contributed by atoms with Crippen LogP contribution in [0.5, 0.6) is 0 Å². The first-order valence-corrected chi connectivity index (χ1v) is 33.7. The zero-order valence-electron chi connectivity index (χ0n) is 51.8. The van der Waals surface area contributed by atoms with E-state index in [1.165, 1.54) is 83.5 Å². The number of quaternary nitrogens is 1. The monoisotopic (exact) mass is 1120 g/mol. The molecule has 0 fully saturated rings. The Balaban J connectivity index is 5.18. The number of hydrogen-bond donors (Lipinski definition) is 1. The summed E-state index contributed by atoms with van der Waals surface area (Å²) in [4.78, 5) is 40.0. The summed E-state index contributed by atoms with van der Waals surface area (Å²) >= 11 is 0. The summed E-state index contributed by atoms with van der Waals surface area (Å²) < 4.78 is 30.3. The van der Waals surface area contributed by atoms with Crippen LogP contribution in [0, 0.1) is 0 Å². The molecule has 0 heterocycles. The molecule has 0 bridgehead atoms. The van der Waals surface area contributed by atoms with E-state index < -0.39 is 26.6 Å². The Bertz CT molecular complexity index is 1720. The van der Waals surface area contributed by atoms with Crippen LogP contribution in [0.15, 0.2) is 109 Å². The molecule has 1 amide bonds. The minimum Gasteiger partial charge on any atom is -0.756 e. The molecule has 0 radical (unpaired) electrons. The number of carbonyl (C=O) groups is 2. The van der Waals surface area contributed by atoms with Crippen molar-refractivity contribution in [3.05, 3.63) is 109 Å². The maximum absolute atomic E-state index is 13.5. The van der Waals surface area contributed by atoms with Gasteiger partial charge in [0.05, 0.1) is 33.8 Å². The molecule has 0 rings (SSSR count). The van der Waals surface area contributed by atoms with Gasteiger partial charge in [0, 0.05) is 12.8 Å². The van der Waals surface area contributed by atoms with E-state index in [1.54, 1.807) is 0 Å². The molecule has 3 atom stereocenters. The Kier molecular flexibility index (Phi) is 55.4. The van der Waals surface area contributed by atoms with Gasteiger partial charge >= 0.3 is 5.97 Å². The fourth-order valence-corrected chi connectivity index (χ4v) is 9.52. The first-order chi connectivity index (χ1) is 38.4. The first kappa shape index (κ1) is 75.7. The molecule has 0 aromatic rings. The van der Waals surface area contributed by atoms with Crippen molar-refractivity contribution in [2.45, 2.75) is 277 Å². The van der Waals surface area contributed by atoms with Crippen LogP contribution in [0.4, 0.5) is 0 Å². The average molecular weight is 1120 g/mol. The minimum atomic E-state index is -4.71. The summed E-state index contributed by atoms with van der Waals surface area (Å²) in [5.74, 6) is -0.567. The fourth-order valence-electron chi connectivity index (χ4n) is 8.80. The Morgan fingerprint density at radius 1 is 0.456 bits per heavy atom. The van der Waals surface area contributed by atoms with E-state index in [0.29, 0.717) is 17.4 Å². The molecule has 3 unspecified atom stereocenters. The number of nitrogens with zero attached hydrogens (tertiary/aromatic N) is 1. The van der Waals surface area contributed by atoms with Crippen LogP contribution in [0.1, 0.15) is 265 Å². The van der Waals surface area contributed by atoms with Crippen LogP contribution < -0.4 is 10.2 Å².